The molecule has 0 saturated heterocycles. The molecule has 1 amide bonds. The Labute approximate surface area is 87.1 Å². The van der Waals surface area contributed by atoms with E-state index in [0.29, 0.717) is 10.7 Å². The lowest BCUT2D eigenvalue weighted by Gasteiger charge is -2.05. The van der Waals surface area contributed by atoms with Gasteiger partial charge in [-0.15, -0.1) is 0 Å². The van der Waals surface area contributed by atoms with E-state index in [-0.39, 0.29) is 12.3 Å². The minimum atomic E-state index is -0.179. The zero-order chi connectivity index (χ0) is 10.6. The van der Waals surface area contributed by atoms with Crippen LogP contribution in [-0.2, 0) is 16.0 Å². The number of nitrogens with one attached hydrogen (secondary N) is 1. The Morgan fingerprint density at radius 3 is 2.79 bits per heavy atom. The van der Waals surface area contributed by atoms with Crippen LogP contribution in [0.2, 0.25) is 5.02 Å². The fraction of sp³-hybridized carbons (Fsp3) is 0.200. The van der Waals surface area contributed by atoms with Crippen LogP contribution in [0.25, 0.3) is 0 Å². The molecule has 0 aliphatic carbocycles. The van der Waals surface area contributed by atoms with E-state index in [1.165, 1.54) is 6.92 Å². The van der Waals surface area contributed by atoms with Crippen LogP contribution < -0.4 is 5.32 Å². The Morgan fingerprint density at radius 2 is 2.29 bits per heavy atom. The lowest BCUT2D eigenvalue weighted by Crippen LogP contribution is -2.06. The number of carbonyl (C=O) groups is 1. The third kappa shape index (κ3) is 2.85. The van der Waals surface area contributed by atoms with E-state index in [1.807, 2.05) is 0 Å². The van der Waals surface area contributed by atoms with Gasteiger partial charge in [0.1, 0.15) is 0 Å². The number of anilines is 1. The first kappa shape index (κ1) is 10.7. The highest BCUT2D eigenvalue weighted by molar-refractivity contribution is 6.33. The molecule has 1 N–H and O–H groups in total. The minimum Gasteiger partial charge on any atom is -0.325 e. The van der Waals surface area contributed by atoms with E-state index < -0.39 is 0 Å². The van der Waals surface area contributed by atoms with Crippen LogP contribution in [0.5, 0.6) is 0 Å². The number of hydrogen-bond acceptors (Lipinski definition) is 2. The number of carbonyl (C=O) groups excluding carboxylic acids is 2. The largest absolute Gasteiger partial charge is 0.325 e. The summed E-state index contributed by atoms with van der Waals surface area (Å²) in [5.74, 6) is -0.179. The van der Waals surface area contributed by atoms with Crippen LogP contribution in [0.1, 0.15) is 12.5 Å². The molecule has 73 valence electrons. The van der Waals surface area contributed by atoms with E-state index in [2.05, 4.69) is 5.32 Å². The van der Waals surface area contributed by atoms with Crippen molar-refractivity contribution in [3.05, 3.63) is 28.8 Å². The van der Waals surface area contributed by atoms with Crippen molar-refractivity contribution in [1.82, 2.24) is 0 Å². The first-order valence-electron chi connectivity index (χ1n) is 4.04. The average molecular weight is 211 g/mol. The van der Waals surface area contributed by atoms with Crippen molar-refractivity contribution in [3.8, 4) is 0 Å². The summed E-state index contributed by atoms with van der Waals surface area (Å²) in [5, 5.41) is 3.00. The molecule has 4 heteroatoms. The fourth-order valence-corrected chi connectivity index (χ4v) is 1.29. The highest BCUT2D eigenvalue weighted by Gasteiger charge is 2.02. The van der Waals surface area contributed by atoms with Crippen LogP contribution in [0.4, 0.5) is 5.69 Å². The van der Waals surface area contributed by atoms with Crippen LogP contribution in [0.3, 0.4) is 0 Å². The Kier molecular flexibility index (Phi) is 3.65. The van der Waals surface area contributed by atoms with Gasteiger partial charge in [-0.3, -0.25) is 9.59 Å². The van der Waals surface area contributed by atoms with Crippen LogP contribution in [0.15, 0.2) is 18.2 Å². The van der Waals surface area contributed by atoms with Crippen LogP contribution >= 0.6 is 11.6 Å². The van der Waals surface area contributed by atoms with E-state index >= 15 is 0 Å². The number of hydrogen-bond donors (Lipinski definition) is 1. The van der Waals surface area contributed by atoms with E-state index in [1.54, 1.807) is 24.5 Å². The maximum absolute atomic E-state index is 10.7. The van der Waals surface area contributed by atoms with Crippen LogP contribution in [0, 0.1) is 0 Å². The summed E-state index contributed by atoms with van der Waals surface area (Å²) in [4.78, 5) is 20.9. The van der Waals surface area contributed by atoms with Crippen LogP contribution in [-0.4, -0.2) is 12.2 Å². The van der Waals surface area contributed by atoms with E-state index in [9.17, 15) is 9.59 Å². The third-order valence-electron chi connectivity index (χ3n) is 1.62. The van der Waals surface area contributed by atoms with Gasteiger partial charge in [-0.2, -0.15) is 0 Å². The number of benzene rings is 1. The lowest BCUT2D eigenvalue weighted by molar-refractivity contribution is -0.114. The molecule has 14 heavy (non-hydrogen) atoms. The fourth-order valence-electron chi connectivity index (χ4n) is 1.04. The summed E-state index contributed by atoms with van der Waals surface area (Å²) in [7, 11) is 0. The first-order valence-corrected chi connectivity index (χ1v) is 4.42. The Morgan fingerprint density at radius 1 is 1.57 bits per heavy atom. The van der Waals surface area contributed by atoms with E-state index in [0.717, 1.165) is 5.56 Å². The van der Waals surface area contributed by atoms with Gasteiger partial charge in [-0.05, 0) is 17.7 Å². The molecular weight excluding hydrogens is 202 g/mol. The molecule has 0 fully saturated rings. The molecule has 1 rings (SSSR count). The summed E-state index contributed by atoms with van der Waals surface area (Å²) in [6.45, 7) is 1.41. The Balaban J connectivity index is 2.89. The SMILES string of the molecule is CC(=O)Nc1ccc(C[C]=O)cc1Cl. The number of amides is 1. The number of halogens is 1. The summed E-state index contributed by atoms with van der Waals surface area (Å²) in [6, 6.07) is 5.02. The predicted molar refractivity (Wildman–Crippen MR) is 55.2 cm³/mol. The maximum atomic E-state index is 10.7. The smallest absolute Gasteiger partial charge is 0.221 e. The van der Waals surface area contributed by atoms with Crippen molar-refractivity contribution < 1.29 is 9.59 Å². The molecular formula is C10H9ClNO2. The summed E-state index contributed by atoms with van der Waals surface area (Å²) >= 11 is 5.86. The average Bonchev–Trinajstić information content (AvgIpc) is 2.10. The van der Waals surface area contributed by atoms with Gasteiger partial charge in [0.15, 0.2) is 0 Å². The van der Waals surface area contributed by atoms with Crippen molar-refractivity contribution in [3.63, 3.8) is 0 Å². The van der Waals surface area contributed by atoms with Gasteiger partial charge >= 0.3 is 0 Å². The van der Waals surface area contributed by atoms with E-state index in [4.69, 9.17) is 11.6 Å². The quantitative estimate of drug-likeness (QED) is 0.829. The predicted octanol–water partition coefficient (Wildman–Crippen LogP) is 1.95. The van der Waals surface area contributed by atoms with Gasteiger partial charge in [-0.1, -0.05) is 17.7 Å². The highest BCUT2D eigenvalue weighted by Crippen LogP contribution is 2.22. The van der Waals surface area contributed by atoms with Gasteiger partial charge in [0.25, 0.3) is 0 Å². The molecule has 0 unspecified atom stereocenters. The second-order valence-electron chi connectivity index (χ2n) is 2.82. The minimum absolute atomic E-state index is 0.179. The number of rotatable bonds is 3. The summed E-state index contributed by atoms with van der Waals surface area (Å²) in [6.07, 6.45) is 1.98. The molecule has 0 aromatic heterocycles. The zero-order valence-corrected chi connectivity index (χ0v) is 8.39. The molecule has 0 saturated carbocycles. The van der Waals surface area contributed by atoms with Crippen molar-refractivity contribution >= 4 is 29.5 Å². The molecule has 0 spiro atoms. The normalized spacial score (nSPS) is 9.57. The van der Waals surface area contributed by atoms with Gasteiger partial charge in [0.05, 0.1) is 10.7 Å². The standard InChI is InChI=1S/C10H9ClNO2/c1-7(14)12-10-3-2-8(4-5-13)6-9(10)11/h2-3,6H,4H2,1H3,(H,12,14). The molecule has 0 heterocycles. The van der Waals surface area contributed by atoms with Gasteiger partial charge < -0.3 is 5.32 Å². The third-order valence-corrected chi connectivity index (χ3v) is 1.93. The molecule has 0 atom stereocenters. The maximum Gasteiger partial charge on any atom is 0.221 e. The monoisotopic (exact) mass is 210 g/mol. The molecule has 0 aliphatic heterocycles. The second-order valence-corrected chi connectivity index (χ2v) is 3.22. The Hall–Kier alpha value is -1.35. The molecule has 1 aromatic carbocycles. The molecule has 3 nitrogen and oxygen atoms in total. The van der Waals surface area contributed by atoms with Crippen molar-refractivity contribution in [2.75, 3.05) is 5.32 Å². The second kappa shape index (κ2) is 4.77. The summed E-state index contributed by atoms with van der Waals surface area (Å²) < 4.78 is 0. The zero-order valence-electron chi connectivity index (χ0n) is 7.63. The van der Waals surface area contributed by atoms with Gasteiger partial charge in [0.2, 0.25) is 12.2 Å². The summed E-state index contributed by atoms with van der Waals surface area (Å²) in [5.41, 5.74) is 1.33. The highest BCUT2D eigenvalue weighted by atomic mass is 35.5. The van der Waals surface area contributed by atoms with Gasteiger partial charge in [-0.25, -0.2) is 0 Å². The molecule has 0 aliphatic rings. The van der Waals surface area contributed by atoms with Crippen molar-refractivity contribution in [2.45, 2.75) is 13.3 Å². The topological polar surface area (TPSA) is 46.2 Å². The molecule has 1 radical (unpaired) electrons. The lowest BCUT2D eigenvalue weighted by atomic mass is 10.1. The Bertz CT molecular complexity index is 363. The first-order chi connectivity index (χ1) is 6.63. The van der Waals surface area contributed by atoms with Crippen molar-refractivity contribution in [1.29, 1.82) is 0 Å². The van der Waals surface area contributed by atoms with Crippen molar-refractivity contribution in [2.24, 2.45) is 0 Å². The van der Waals surface area contributed by atoms with Gasteiger partial charge in [0, 0.05) is 13.3 Å². The molecule has 0 bridgehead atoms. The molecule has 1 aromatic rings.